The van der Waals surface area contributed by atoms with E-state index >= 15 is 0 Å². The smallest absolute Gasteiger partial charge is 0.305 e. The average molecular weight is 190 g/mol. The van der Waals surface area contributed by atoms with Gasteiger partial charge in [0.2, 0.25) is 0 Å². The Hall–Kier alpha value is -0.180. The van der Waals surface area contributed by atoms with Crippen LogP contribution in [-0.4, -0.2) is 24.1 Å². The summed E-state index contributed by atoms with van der Waals surface area (Å²) in [6.07, 6.45) is 2.67. The maximum Gasteiger partial charge on any atom is 0.305 e. The summed E-state index contributed by atoms with van der Waals surface area (Å²) in [5.74, 6) is 2.27. The topological polar surface area (TPSA) is 26.3 Å². The van der Waals surface area contributed by atoms with Gasteiger partial charge in [0.05, 0.1) is 6.61 Å². The number of hydrogen-bond donors (Lipinski definition) is 0. The summed E-state index contributed by atoms with van der Waals surface area (Å²) in [6, 6.07) is 0. The van der Waals surface area contributed by atoms with E-state index in [0.29, 0.717) is 13.0 Å². The number of esters is 1. The lowest BCUT2D eigenvalue weighted by atomic mass is 10.2. The maximum atomic E-state index is 10.8. The Morgan fingerprint density at radius 3 is 2.67 bits per heavy atom. The fourth-order valence-electron chi connectivity index (χ4n) is 0.851. The Morgan fingerprint density at radius 2 is 2.08 bits per heavy atom. The van der Waals surface area contributed by atoms with E-state index < -0.39 is 0 Å². The molecule has 0 amide bonds. The van der Waals surface area contributed by atoms with Crippen LogP contribution in [0.1, 0.15) is 33.1 Å². The summed E-state index contributed by atoms with van der Waals surface area (Å²) < 4.78 is 4.80. The largest absolute Gasteiger partial charge is 0.466 e. The zero-order valence-electron chi connectivity index (χ0n) is 7.97. The Labute approximate surface area is 79.1 Å². The van der Waals surface area contributed by atoms with Crippen LogP contribution in [0.4, 0.5) is 0 Å². The van der Waals surface area contributed by atoms with Crippen molar-refractivity contribution in [2.45, 2.75) is 33.1 Å². The van der Waals surface area contributed by atoms with Crippen LogP contribution < -0.4 is 0 Å². The van der Waals surface area contributed by atoms with Gasteiger partial charge in [-0.05, 0) is 31.3 Å². The van der Waals surface area contributed by atoms with Gasteiger partial charge in [-0.15, -0.1) is 0 Å². The second-order valence-corrected chi connectivity index (χ2v) is 3.85. The van der Waals surface area contributed by atoms with Crippen LogP contribution >= 0.6 is 11.8 Å². The highest BCUT2D eigenvalue weighted by molar-refractivity contribution is 7.99. The normalized spacial score (nSPS) is 9.83. The Bertz CT molecular complexity index is 115. The van der Waals surface area contributed by atoms with Crippen molar-refractivity contribution >= 4 is 17.7 Å². The van der Waals surface area contributed by atoms with Crippen molar-refractivity contribution in [3.05, 3.63) is 0 Å². The zero-order chi connectivity index (χ0) is 9.23. The first-order chi connectivity index (χ1) is 5.81. The number of carbonyl (C=O) groups is 1. The van der Waals surface area contributed by atoms with Crippen molar-refractivity contribution < 1.29 is 9.53 Å². The van der Waals surface area contributed by atoms with Crippen LogP contribution in [0.15, 0.2) is 0 Å². The molecule has 12 heavy (non-hydrogen) atoms. The van der Waals surface area contributed by atoms with Crippen molar-refractivity contribution in [2.75, 3.05) is 18.1 Å². The van der Waals surface area contributed by atoms with Crippen LogP contribution in [0.2, 0.25) is 0 Å². The van der Waals surface area contributed by atoms with Gasteiger partial charge in [0, 0.05) is 6.42 Å². The fraction of sp³-hybridized carbons (Fsp3) is 0.889. The summed E-state index contributed by atoms with van der Waals surface area (Å²) in [4.78, 5) is 10.8. The summed E-state index contributed by atoms with van der Waals surface area (Å²) in [7, 11) is 0. The highest BCUT2D eigenvalue weighted by atomic mass is 32.2. The van der Waals surface area contributed by atoms with E-state index in [1.165, 1.54) is 5.75 Å². The van der Waals surface area contributed by atoms with Gasteiger partial charge in [-0.3, -0.25) is 4.79 Å². The minimum absolute atomic E-state index is 0.0565. The van der Waals surface area contributed by atoms with Crippen molar-refractivity contribution in [1.29, 1.82) is 0 Å². The number of ether oxygens (including phenoxy) is 1. The predicted octanol–water partition coefficient (Wildman–Crippen LogP) is 2.47. The van der Waals surface area contributed by atoms with Gasteiger partial charge < -0.3 is 4.74 Å². The molecule has 0 bridgehead atoms. The van der Waals surface area contributed by atoms with E-state index in [2.05, 4.69) is 6.92 Å². The second kappa shape index (κ2) is 8.91. The molecule has 0 aliphatic rings. The van der Waals surface area contributed by atoms with Crippen LogP contribution in [0.3, 0.4) is 0 Å². The third kappa shape index (κ3) is 7.92. The first-order valence-electron chi connectivity index (χ1n) is 4.54. The van der Waals surface area contributed by atoms with Gasteiger partial charge in [-0.1, -0.05) is 6.92 Å². The lowest BCUT2D eigenvalue weighted by molar-refractivity contribution is -0.143. The lowest BCUT2D eigenvalue weighted by Crippen LogP contribution is -2.03. The Morgan fingerprint density at radius 1 is 1.33 bits per heavy atom. The van der Waals surface area contributed by atoms with Crippen LogP contribution in [0.25, 0.3) is 0 Å². The highest BCUT2D eigenvalue weighted by Crippen LogP contribution is 2.05. The van der Waals surface area contributed by atoms with Gasteiger partial charge >= 0.3 is 5.97 Å². The monoisotopic (exact) mass is 190 g/mol. The van der Waals surface area contributed by atoms with Gasteiger partial charge in [-0.25, -0.2) is 0 Å². The average Bonchev–Trinajstić information content (AvgIpc) is 2.05. The molecule has 2 nitrogen and oxygen atoms in total. The molecule has 72 valence electrons. The van der Waals surface area contributed by atoms with Crippen LogP contribution in [0, 0.1) is 0 Å². The third-order valence-corrected chi connectivity index (χ3v) is 2.41. The summed E-state index contributed by atoms with van der Waals surface area (Å²) in [5.41, 5.74) is 0. The van der Waals surface area contributed by atoms with Gasteiger partial charge in [-0.2, -0.15) is 11.8 Å². The number of hydrogen-bond acceptors (Lipinski definition) is 3. The molecule has 0 fully saturated rings. The van der Waals surface area contributed by atoms with Gasteiger partial charge in [0.25, 0.3) is 0 Å². The van der Waals surface area contributed by atoms with Crippen molar-refractivity contribution in [3.63, 3.8) is 0 Å². The number of unbranched alkanes of at least 4 members (excludes halogenated alkanes) is 1. The zero-order valence-corrected chi connectivity index (χ0v) is 8.78. The molecular formula is C9H18O2S. The molecule has 0 spiro atoms. The summed E-state index contributed by atoms with van der Waals surface area (Å²) >= 11 is 1.92. The van der Waals surface area contributed by atoms with E-state index in [9.17, 15) is 4.79 Å². The molecule has 0 aliphatic heterocycles. The first kappa shape index (κ1) is 11.8. The second-order valence-electron chi connectivity index (χ2n) is 2.46. The number of thioether (sulfide) groups is 1. The van der Waals surface area contributed by atoms with E-state index in [1.54, 1.807) is 0 Å². The molecule has 0 atom stereocenters. The predicted molar refractivity (Wildman–Crippen MR) is 53.5 cm³/mol. The summed E-state index contributed by atoms with van der Waals surface area (Å²) in [6.45, 7) is 4.49. The van der Waals surface area contributed by atoms with Crippen LogP contribution in [-0.2, 0) is 9.53 Å². The standard InChI is InChI=1S/C9H18O2S/c1-3-11-9(10)7-5-6-8-12-4-2/h3-8H2,1-2H3. The molecular weight excluding hydrogens is 172 g/mol. The molecule has 0 heterocycles. The van der Waals surface area contributed by atoms with E-state index in [-0.39, 0.29) is 5.97 Å². The van der Waals surface area contributed by atoms with Gasteiger partial charge in [0.1, 0.15) is 0 Å². The molecule has 0 unspecified atom stereocenters. The molecule has 0 aromatic heterocycles. The Kier molecular flexibility index (Phi) is 8.78. The number of carbonyl (C=O) groups excluding carboxylic acids is 1. The van der Waals surface area contributed by atoms with Crippen molar-refractivity contribution in [2.24, 2.45) is 0 Å². The van der Waals surface area contributed by atoms with E-state index in [4.69, 9.17) is 4.74 Å². The molecule has 0 N–H and O–H groups in total. The Balaban J connectivity index is 3.03. The highest BCUT2D eigenvalue weighted by Gasteiger charge is 1.99. The minimum atomic E-state index is -0.0565. The molecule has 0 aliphatic carbocycles. The summed E-state index contributed by atoms with van der Waals surface area (Å²) in [5, 5.41) is 0. The van der Waals surface area contributed by atoms with E-state index in [0.717, 1.165) is 18.6 Å². The lowest BCUT2D eigenvalue weighted by Gasteiger charge is -2.00. The molecule has 0 saturated heterocycles. The quantitative estimate of drug-likeness (QED) is 0.455. The molecule has 3 heteroatoms. The first-order valence-corrected chi connectivity index (χ1v) is 5.70. The molecule has 0 aromatic rings. The third-order valence-electron chi connectivity index (χ3n) is 1.43. The molecule has 0 saturated carbocycles. The maximum absolute atomic E-state index is 10.8. The van der Waals surface area contributed by atoms with E-state index in [1.807, 2.05) is 18.7 Å². The van der Waals surface area contributed by atoms with Crippen molar-refractivity contribution in [1.82, 2.24) is 0 Å². The van der Waals surface area contributed by atoms with Gasteiger partial charge in [0.15, 0.2) is 0 Å². The molecule has 0 radical (unpaired) electrons. The minimum Gasteiger partial charge on any atom is -0.466 e. The fourth-order valence-corrected chi connectivity index (χ4v) is 1.55. The van der Waals surface area contributed by atoms with Crippen LogP contribution in [0.5, 0.6) is 0 Å². The molecule has 0 rings (SSSR count). The molecule has 0 aromatic carbocycles. The van der Waals surface area contributed by atoms with Crippen molar-refractivity contribution in [3.8, 4) is 0 Å². The number of rotatable bonds is 7. The SMILES string of the molecule is CCOC(=O)CCCCSCC.